The second-order valence-corrected chi connectivity index (χ2v) is 8.85. The molecule has 0 saturated heterocycles. The number of phenols is 7. The maximum atomic E-state index is 12.4. The van der Waals surface area contributed by atoms with E-state index in [1.807, 2.05) is 0 Å². The first-order chi connectivity index (χ1) is 19.5. The summed E-state index contributed by atoms with van der Waals surface area (Å²) in [6, 6.07) is 15.4. The lowest BCUT2D eigenvalue weighted by Gasteiger charge is -2.06. The Hall–Kier alpha value is -6.10. The third-order valence-corrected chi connectivity index (χ3v) is 6.22. The van der Waals surface area contributed by atoms with Crippen molar-refractivity contribution in [3.05, 3.63) is 99.7 Å². The van der Waals surface area contributed by atoms with Crippen LogP contribution in [0, 0.1) is 0 Å². The highest BCUT2D eigenvalue weighted by Gasteiger charge is 2.18. The number of hydrogen-bond acceptors (Lipinski definition) is 11. The minimum Gasteiger partial charge on any atom is -0.508 e. The average Bonchev–Trinajstić information content (AvgIpc) is 2.95. The summed E-state index contributed by atoms with van der Waals surface area (Å²) in [7, 11) is 0. The molecule has 0 amide bonds. The second kappa shape index (κ2) is 10.2. The highest BCUT2D eigenvalue weighted by Crippen LogP contribution is 2.40. The van der Waals surface area contributed by atoms with Crippen LogP contribution in [0.5, 0.6) is 40.2 Å². The molecule has 0 unspecified atom stereocenters. The van der Waals surface area contributed by atoms with Gasteiger partial charge in [0.05, 0.1) is 16.5 Å². The van der Waals surface area contributed by atoms with Crippen molar-refractivity contribution >= 4 is 21.9 Å². The van der Waals surface area contributed by atoms with E-state index in [0.29, 0.717) is 16.7 Å². The van der Waals surface area contributed by atoms with Crippen LogP contribution in [-0.2, 0) is 0 Å². The van der Waals surface area contributed by atoms with Gasteiger partial charge in [0.25, 0.3) is 0 Å². The fourth-order valence-corrected chi connectivity index (χ4v) is 4.08. The molecule has 0 aliphatic heterocycles. The van der Waals surface area contributed by atoms with Gasteiger partial charge in [-0.25, -0.2) is 0 Å². The van der Waals surface area contributed by atoms with E-state index in [-0.39, 0.29) is 55.9 Å². The molecule has 6 aromatic rings. The SMILES string of the molecule is O=c1c(-c2ccc(O)cc2)coc2cc(O)c(O)c(O)c12.O=c1c(-c2ccc(O)cc2)coc2cc(O)c(O)cc12. The monoisotopic (exact) mass is 556 g/mol. The number of hydrogen-bond donors (Lipinski definition) is 7. The van der Waals surface area contributed by atoms with Crippen LogP contribution >= 0.6 is 0 Å². The number of rotatable bonds is 2. The van der Waals surface area contributed by atoms with Crippen molar-refractivity contribution in [2.45, 2.75) is 0 Å². The Balaban J connectivity index is 0.000000165. The van der Waals surface area contributed by atoms with Gasteiger partial charge in [0.1, 0.15) is 40.6 Å². The summed E-state index contributed by atoms with van der Waals surface area (Å²) >= 11 is 0. The highest BCUT2D eigenvalue weighted by atomic mass is 16.3. The van der Waals surface area contributed by atoms with Gasteiger partial charge in [-0.15, -0.1) is 0 Å². The van der Waals surface area contributed by atoms with E-state index in [2.05, 4.69) is 0 Å². The zero-order valence-corrected chi connectivity index (χ0v) is 20.8. The summed E-state index contributed by atoms with van der Waals surface area (Å²) in [6.45, 7) is 0. The normalized spacial score (nSPS) is 10.8. The lowest BCUT2D eigenvalue weighted by molar-refractivity contribution is 0.370. The minimum absolute atomic E-state index is 0.0460. The van der Waals surface area contributed by atoms with E-state index >= 15 is 0 Å². The summed E-state index contributed by atoms with van der Waals surface area (Å²) in [5, 5.41) is 66.1. The van der Waals surface area contributed by atoms with Gasteiger partial charge in [0, 0.05) is 12.1 Å². The first-order valence-electron chi connectivity index (χ1n) is 11.8. The van der Waals surface area contributed by atoms with E-state index in [4.69, 9.17) is 8.83 Å². The summed E-state index contributed by atoms with van der Waals surface area (Å²) in [4.78, 5) is 24.8. The Morgan fingerprint density at radius 2 is 0.951 bits per heavy atom. The van der Waals surface area contributed by atoms with Crippen molar-refractivity contribution < 1.29 is 44.6 Å². The Morgan fingerprint density at radius 1 is 0.488 bits per heavy atom. The van der Waals surface area contributed by atoms with Gasteiger partial charge < -0.3 is 44.6 Å². The van der Waals surface area contributed by atoms with Crippen LogP contribution in [0.25, 0.3) is 44.2 Å². The minimum atomic E-state index is -0.780. The number of benzene rings is 4. The lowest BCUT2D eigenvalue weighted by Crippen LogP contribution is -2.05. The number of fused-ring (bicyclic) bond motifs is 2. The van der Waals surface area contributed by atoms with Crippen LogP contribution < -0.4 is 10.9 Å². The molecule has 0 saturated carbocycles. The van der Waals surface area contributed by atoms with Crippen molar-refractivity contribution in [1.82, 2.24) is 0 Å². The second-order valence-electron chi connectivity index (χ2n) is 8.85. The predicted molar refractivity (Wildman–Crippen MR) is 147 cm³/mol. The Labute approximate surface area is 228 Å². The highest BCUT2D eigenvalue weighted by molar-refractivity contribution is 5.91. The van der Waals surface area contributed by atoms with Crippen LogP contribution in [0.3, 0.4) is 0 Å². The first kappa shape index (κ1) is 26.5. The van der Waals surface area contributed by atoms with Crippen molar-refractivity contribution in [2.24, 2.45) is 0 Å². The molecule has 0 spiro atoms. The van der Waals surface area contributed by atoms with Gasteiger partial charge in [-0.2, -0.15) is 0 Å². The Morgan fingerprint density at radius 3 is 1.51 bits per heavy atom. The summed E-state index contributed by atoms with van der Waals surface area (Å²) in [6.07, 6.45) is 2.47. The smallest absolute Gasteiger partial charge is 0.204 e. The molecular formula is C30H20O11. The molecule has 2 aromatic heterocycles. The van der Waals surface area contributed by atoms with Crippen LogP contribution in [0.2, 0.25) is 0 Å². The molecule has 41 heavy (non-hydrogen) atoms. The summed E-state index contributed by atoms with van der Waals surface area (Å²) in [5.74, 6) is -2.68. The zero-order chi connectivity index (χ0) is 29.4. The quantitative estimate of drug-likeness (QED) is 0.144. The maximum Gasteiger partial charge on any atom is 0.204 e. The third kappa shape index (κ3) is 4.90. The molecule has 4 aromatic carbocycles. The largest absolute Gasteiger partial charge is 0.508 e. The first-order valence-corrected chi connectivity index (χ1v) is 11.8. The zero-order valence-electron chi connectivity index (χ0n) is 20.8. The number of phenolic OH excluding ortho intramolecular Hbond substituents is 7. The van der Waals surface area contributed by atoms with E-state index in [1.54, 1.807) is 12.1 Å². The maximum absolute atomic E-state index is 12.4. The van der Waals surface area contributed by atoms with Crippen LogP contribution in [0.1, 0.15) is 0 Å². The number of aromatic hydroxyl groups is 7. The molecular weight excluding hydrogens is 536 g/mol. The van der Waals surface area contributed by atoms with Crippen molar-refractivity contribution in [1.29, 1.82) is 0 Å². The fourth-order valence-electron chi connectivity index (χ4n) is 4.08. The molecule has 0 bridgehead atoms. The van der Waals surface area contributed by atoms with E-state index in [0.717, 1.165) is 6.07 Å². The van der Waals surface area contributed by atoms with Crippen molar-refractivity contribution in [2.75, 3.05) is 0 Å². The molecule has 11 heteroatoms. The topological polar surface area (TPSA) is 202 Å². The molecule has 0 radical (unpaired) electrons. The van der Waals surface area contributed by atoms with E-state index < -0.39 is 22.7 Å². The Kier molecular flexibility index (Phi) is 6.61. The van der Waals surface area contributed by atoms with Crippen LogP contribution in [0.15, 0.2) is 97.7 Å². The molecule has 6 rings (SSSR count). The standard InChI is InChI=1S/C15H10O6.C15H10O5/c16-8-3-1-7(2-4-8)9-6-21-11-5-10(17)14(19)15(20)12(11)13(9)18;16-9-3-1-8(2-4-9)11-7-20-14-6-13(18)12(17)5-10(14)15(11)19/h1-6,16-17,19-20H;1-7,16-18H. The molecule has 0 atom stereocenters. The van der Waals surface area contributed by atoms with Gasteiger partial charge in [0.2, 0.25) is 16.6 Å². The summed E-state index contributed by atoms with van der Waals surface area (Å²) < 4.78 is 10.5. The van der Waals surface area contributed by atoms with E-state index in [1.165, 1.54) is 61.1 Å². The molecule has 0 fully saturated rings. The lowest BCUT2D eigenvalue weighted by atomic mass is 10.0. The molecule has 0 aliphatic carbocycles. The van der Waals surface area contributed by atoms with Crippen molar-refractivity contribution in [3.8, 4) is 62.5 Å². The van der Waals surface area contributed by atoms with Crippen LogP contribution in [0.4, 0.5) is 0 Å². The van der Waals surface area contributed by atoms with Gasteiger partial charge >= 0.3 is 0 Å². The average molecular weight is 556 g/mol. The fraction of sp³-hybridized carbons (Fsp3) is 0. The summed E-state index contributed by atoms with van der Waals surface area (Å²) in [5.41, 5.74) is 0.789. The molecule has 11 nitrogen and oxygen atoms in total. The van der Waals surface area contributed by atoms with Gasteiger partial charge in [-0.3, -0.25) is 9.59 Å². The Bertz CT molecular complexity index is 2040. The van der Waals surface area contributed by atoms with Crippen molar-refractivity contribution in [3.63, 3.8) is 0 Å². The predicted octanol–water partition coefficient (Wildman–Crippen LogP) is 4.86. The van der Waals surface area contributed by atoms with Gasteiger partial charge in [0.15, 0.2) is 23.0 Å². The third-order valence-electron chi connectivity index (χ3n) is 6.22. The molecule has 206 valence electrons. The van der Waals surface area contributed by atoms with Gasteiger partial charge in [-0.05, 0) is 41.5 Å². The molecule has 2 heterocycles. The van der Waals surface area contributed by atoms with Crippen LogP contribution in [-0.4, -0.2) is 35.7 Å². The molecule has 0 aliphatic rings. The van der Waals surface area contributed by atoms with Gasteiger partial charge in [-0.1, -0.05) is 24.3 Å². The molecule has 7 N–H and O–H groups in total. The van der Waals surface area contributed by atoms with E-state index in [9.17, 15) is 45.3 Å².